The molecule has 4 rings (SSSR count). The van der Waals surface area contributed by atoms with Crippen molar-refractivity contribution in [2.45, 2.75) is 36.6 Å². The van der Waals surface area contributed by atoms with Crippen LogP contribution in [0, 0.1) is 5.82 Å². The second-order valence-electron chi connectivity index (χ2n) is 6.67. The van der Waals surface area contributed by atoms with Crippen molar-refractivity contribution in [1.82, 2.24) is 14.8 Å². The lowest BCUT2D eigenvalue weighted by Crippen LogP contribution is -2.07. The third-order valence-electron chi connectivity index (χ3n) is 4.43. The maximum Gasteiger partial charge on any atom is 0.221 e. The van der Waals surface area contributed by atoms with Crippen LogP contribution in [0.25, 0.3) is 5.69 Å². The van der Waals surface area contributed by atoms with E-state index in [0.717, 1.165) is 24.4 Å². The Kier molecular flexibility index (Phi) is 5.37. The molecule has 1 aliphatic rings. The monoisotopic (exact) mass is 416 g/mol. The van der Waals surface area contributed by atoms with Gasteiger partial charge in [0.15, 0.2) is 5.16 Å². The zero-order valence-corrected chi connectivity index (χ0v) is 16.7. The van der Waals surface area contributed by atoms with Crippen LogP contribution in [0.3, 0.4) is 0 Å². The lowest BCUT2D eigenvalue weighted by Gasteiger charge is -2.12. The third kappa shape index (κ3) is 4.05. The van der Waals surface area contributed by atoms with Gasteiger partial charge in [0.2, 0.25) is 5.91 Å². The topological polar surface area (TPSA) is 59.8 Å². The average molecular weight is 417 g/mol. The number of nitrogens with zero attached hydrogens (tertiary/aromatic N) is 3. The lowest BCUT2D eigenvalue weighted by molar-refractivity contribution is -0.114. The highest BCUT2D eigenvalue weighted by Gasteiger charge is 2.31. The zero-order valence-electron chi connectivity index (χ0n) is 15.2. The van der Waals surface area contributed by atoms with Crippen molar-refractivity contribution in [3.8, 4) is 5.69 Å². The molecule has 8 heteroatoms. The number of halogens is 2. The van der Waals surface area contributed by atoms with Crippen molar-refractivity contribution in [3.63, 3.8) is 0 Å². The standard InChI is InChI=1S/C20H18ClFN4OS/c1-12(27)23-14-4-2-5-15(10-14)26-19(13-8-9-13)24-25-20(26)28-11-16-17(21)6-3-7-18(16)22/h2-7,10,13H,8-9,11H2,1H3,(H,23,27). The second-order valence-corrected chi connectivity index (χ2v) is 8.02. The number of thioether (sulfide) groups is 1. The van der Waals surface area contributed by atoms with Gasteiger partial charge in [0.25, 0.3) is 0 Å². The summed E-state index contributed by atoms with van der Waals surface area (Å²) >= 11 is 7.54. The molecule has 0 spiro atoms. The van der Waals surface area contributed by atoms with E-state index in [2.05, 4.69) is 15.5 Å². The summed E-state index contributed by atoms with van der Waals surface area (Å²) in [6, 6.07) is 12.2. The Bertz CT molecular complexity index is 1010. The predicted octanol–water partition coefficient (Wildman–Crippen LogP) is 5.19. The maximum atomic E-state index is 14.1. The fourth-order valence-corrected chi connectivity index (χ4v) is 4.26. The molecule has 0 saturated heterocycles. The van der Waals surface area contributed by atoms with Crippen LogP contribution in [-0.4, -0.2) is 20.7 Å². The Morgan fingerprint density at radius 1 is 1.29 bits per heavy atom. The summed E-state index contributed by atoms with van der Waals surface area (Å²) in [5.41, 5.74) is 2.01. The van der Waals surface area contributed by atoms with Crippen molar-refractivity contribution >= 4 is 35.0 Å². The Morgan fingerprint density at radius 3 is 2.79 bits per heavy atom. The molecule has 5 nitrogen and oxygen atoms in total. The Labute approximate surface area is 171 Å². The van der Waals surface area contributed by atoms with E-state index in [0.29, 0.717) is 33.1 Å². The molecule has 0 unspecified atom stereocenters. The van der Waals surface area contributed by atoms with Crippen LogP contribution in [0.15, 0.2) is 47.6 Å². The highest BCUT2D eigenvalue weighted by molar-refractivity contribution is 7.98. The molecule has 1 fully saturated rings. The van der Waals surface area contributed by atoms with Crippen molar-refractivity contribution in [3.05, 3.63) is 64.7 Å². The Morgan fingerprint density at radius 2 is 2.07 bits per heavy atom. The first-order valence-electron chi connectivity index (χ1n) is 8.92. The van der Waals surface area contributed by atoms with E-state index in [1.165, 1.54) is 24.8 Å². The van der Waals surface area contributed by atoms with Crippen molar-refractivity contribution in [2.75, 3.05) is 5.32 Å². The van der Waals surface area contributed by atoms with E-state index in [9.17, 15) is 9.18 Å². The summed E-state index contributed by atoms with van der Waals surface area (Å²) in [6.45, 7) is 1.47. The summed E-state index contributed by atoms with van der Waals surface area (Å²) in [4.78, 5) is 11.4. The number of amides is 1. The number of carbonyl (C=O) groups is 1. The highest BCUT2D eigenvalue weighted by Crippen LogP contribution is 2.41. The van der Waals surface area contributed by atoms with Gasteiger partial charge in [-0.1, -0.05) is 35.5 Å². The number of anilines is 1. The van der Waals surface area contributed by atoms with E-state index in [1.54, 1.807) is 12.1 Å². The van der Waals surface area contributed by atoms with Crippen molar-refractivity contribution in [1.29, 1.82) is 0 Å². The van der Waals surface area contributed by atoms with Crippen LogP contribution in [0.4, 0.5) is 10.1 Å². The van der Waals surface area contributed by atoms with Gasteiger partial charge in [-0.05, 0) is 43.2 Å². The van der Waals surface area contributed by atoms with Crippen LogP contribution in [0.5, 0.6) is 0 Å². The number of nitrogens with one attached hydrogen (secondary N) is 1. The van der Waals surface area contributed by atoms with Gasteiger partial charge in [0, 0.05) is 34.9 Å². The molecule has 28 heavy (non-hydrogen) atoms. The minimum absolute atomic E-state index is 0.132. The van der Waals surface area contributed by atoms with Crippen LogP contribution in [-0.2, 0) is 10.5 Å². The van der Waals surface area contributed by atoms with Crippen molar-refractivity contribution in [2.24, 2.45) is 0 Å². The maximum absolute atomic E-state index is 14.1. The van der Waals surface area contributed by atoms with Gasteiger partial charge in [-0.25, -0.2) is 4.39 Å². The number of hydrogen-bond donors (Lipinski definition) is 1. The van der Waals surface area contributed by atoms with Gasteiger partial charge in [-0.2, -0.15) is 0 Å². The number of benzene rings is 2. The summed E-state index contributed by atoms with van der Waals surface area (Å²) in [5, 5.41) is 12.6. The molecule has 2 aromatic carbocycles. The van der Waals surface area contributed by atoms with E-state index in [-0.39, 0.29) is 11.7 Å². The Balaban J connectivity index is 1.67. The van der Waals surface area contributed by atoms with Gasteiger partial charge >= 0.3 is 0 Å². The molecular weight excluding hydrogens is 399 g/mol. The molecule has 1 amide bonds. The SMILES string of the molecule is CC(=O)Nc1cccc(-n2c(SCc3c(F)cccc3Cl)nnc2C2CC2)c1. The van der Waals surface area contributed by atoms with E-state index in [1.807, 2.05) is 28.8 Å². The molecule has 1 N–H and O–H groups in total. The molecule has 1 aliphatic carbocycles. The summed E-state index contributed by atoms with van der Waals surface area (Å²) in [6.07, 6.45) is 2.15. The summed E-state index contributed by atoms with van der Waals surface area (Å²) in [7, 11) is 0. The number of aromatic nitrogens is 3. The third-order valence-corrected chi connectivity index (χ3v) is 5.74. The van der Waals surface area contributed by atoms with Gasteiger partial charge < -0.3 is 5.32 Å². The van der Waals surface area contributed by atoms with Crippen LogP contribution in [0.1, 0.15) is 37.1 Å². The Hall–Kier alpha value is -2.38. The molecule has 1 aromatic heterocycles. The molecule has 1 heterocycles. The molecular formula is C20H18ClFN4OS. The first kappa shape index (κ1) is 19.0. The van der Waals surface area contributed by atoms with Gasteiger partial charge in [0.05, 0.1) is 5.69 Å². The molecule has 0 atom stereocenters. The minimum atomic E-state index is -0.332. The normalized spacial score (nSPS) is 13.5. The smallest absolute Gasteiger partial charge is 0.221 e. The van der Waals surface area contributed by atoms with E-state index in [4.69, 9.17) is 11.6 Å². The summed E-state index contributed by atoms with van der Waals surface area (Å²) in [5.74, 6) is 1.15. The van der Waals surface area contributed by atoms with E-state index >= 15 is 0 Å². The molecule has 0 bridgehead atoms. The second kappa shape index (κ2) is 7.93. The van der Waals surface area contributed by atoms with Gasteiger partial charge in [0.1, 0.15) is 11.6 Å². The molecule has 0 radical (unpaired) electrons. The van der Waals surface area contributed by atoms with Crippen LogP contribution in [0.2, 0.25) is 5.02 Å². The lowest BCUT2D eigenvalue weighted by atomic mass is 10.2. The highest BCUT2D eigenvalue weighted by atomic mass is 35.5. The van der Waals surface area contributed by atoms with Gasteiger partial charge in [-0.3, -0.25) is 9.36 Å². The molecule has 3 aromatic rings. The van der Waals surface area contributed by atoms with Crippen LogP contribution >= 0.6 is 23.4 Å². The fraction of sp³-hybridized carbons (Fsp3) is 0.250. The molecule has 144 valence electrons. The molecule has 1 saturated carbocycles. The van der Waals surface area contributed by atoms with Crippen LogP contribution < -0.4 is 5.32 Å². The average Bonchev–Trinajstić information content (AvgIpc) is 3.41. The molecule has 0 aliphatic heterocycles. The fourth-order valence-electron chi connectivity index (χ4n) is 2.96. The number of rotatable bonds is 6. The number of carbonyl (C=O) groups excluding carboxylic acids is 1. The van der Waals surface area contributed by atoms with E-state index < -0.39 is 0 Å². The quantitative estimate of drug-likeness (QED) is 0.562. The van der Waals surface area contributed by atoms with Gasteiger partial charge in [-0.15, -0.1) is 10.2 Å². The minimum Gasteiger partial charge on any atom is -0.326 e. The first-order chi connectivity index (χ1) is 13.5. The first-order valence-corrected chi connectivity index (χ1v) is 10.3. The largest absolute Gasteiger partial charge is 0.326 e. The zero-order chi connectivity index (χ0) is 19.7. The van der Waals surface area contributed by atoms with Crippen molar-refractivity contribution < 1.29 is 9.18 Å². The summed E-state index contributed by atoms with van der Waals surface area (Å²) < 4.78 is 16.1. The predicted molar refractivity (Wildman–Crippen MR) is 109 cm³/mol. The number of hydrogen-bond acceptors (Lipinski definition) is 4.